The second kappa shape index (κ2) is 3.21. The molecule has 0 amide bonds. The zero-order valence-corrected chi connectivity index (χ0v) is 5.65. The van der Waals surface area contributed by atoms with Crippen molar-refractivity contribution in [3.05, 3.63) is 0 Å². The summed E-state index contributed by atoms with van der Waals surface area (Å²) in [6.45, 7) is -0.889. The van der Waals surface area contributed by atoms with Gasteiger partial charge in [-0.3, -0.25) is 0 Å². The van der Waals surface area contributed by atoms with Gasteiger partial charge in [-0.15, -0.1) is 0 Å². The van der Waals surface area contributed by atoms with Crippen LogP contribution in [0.15, 0.2) is 0 Å². The molecule has 0 saturated carbocycles. The molecule has 1 heteroatoms. The molecular weight excluding hydrogens is 110 g/mol. The van der Waals surface area contributed by atoms with E-state index in [1.165, 1.54) is 0 Å². The lowest BCUT2D eigenvalue weighted by atomic mass is 10.1. The molecule has 0 spiro atoms. The van der Waals surface area contributed by atoms with Crippen molar-refractivity contribution in [3.8, 4) is 0 Å². The van der Waals surface area contributed by atoms with Crippen molar-refractivity contribution in [2.24, 2.45) is 0 Å². The van der Waals surface area contributed by atoms with E-state index >= 15 is 0 Å². The largest absolute Gasteiger partial charge is 0.303 e. The van der Waals surface area contributed by atoms with Gasteiger partial charge in [-0.05, 0) is 32.7 Å². The SMILES string of the molecule is [2H]C([2H])([2H])N1CCC[C@@H]1C([2H])([2H])C([2H])([2H])C. The molecule has 0 aliphatic carbocycles. The Morgan fingerprint density at radius 2 is 2.78 bits per heavy atom. The first-order valence-electron chi connectivity index (χ1n) is 6.74. The summed E-state index contributed by atoms with van der Waals surface area (Å²) < 4.78 is 52.5. The van der Waals surface area contributed by atoms with Gasteiger partial charge in [-0.25, -0.2) is 0 Å². The van der Waals surface area contributed by atoms with Crippen molar-refractivity contribution in [2.75, 3.05) is 13.5 Å². The van der Waals surface area contributed by atoms with Crippen molar-refractivity contribution in [1.29, 1.82) is 0 Å². The predicted molar refractivity (Wildman–Crippen MR) is 40.6 cm³/mol. The van der Waals surface area contributed by atoms with E-state index in [4.69, 9.17) is 9.60 Å². The second-order valence-corrected chi connectivity index (χ2v) is 2.25. The zero-order chi connectivity index (χ0) is 12.8. The monoisotopic (exact) mass is 134 g/mol. The van der Waals surface area contributed by atoms with Crippen LogP contribution in [0.1, 0.15) is 42.1 Å². The minimum atomic E-state index is -2.35. The highest BCUT2D eigenvalue weighted by Gasteiger charge is 2.18. The summed E-state index contributed by atoms with van der Waals surface area (Å²) in [4.78, 5) is 1.11. The molecule has 1 fully saturated rings. The van der Waals surface area contributed by atoms with Crippen LogP contribution in [0.5, 0.6) is 0 Å². The van der Waals surface area contributed by atoms with E-state index in [-0.39, 0.29) is 0 Å². The molecule has 1 rings (SSSR count). The number of rotatable bonds is 2. The Kier molecular flexibility index (Phi) is 0.795. The minimum absolute atomic E-state index is 0.302. The molecule has 0 aromatic rings. The number of hydrogen-bond donors (Lipinski definition) is 0. The van der Waals surface area contributed by atoms with Gasteiger partial charge in [0, 0.05) is 15.6 Å². The van der Waals surface area contributed by atoms with E-state index in [0.717, 1.165) is 11.8 Å². The smallest absolute Gasteiger partial charge is 0.0394 e. The van der Waals surface area contributed by atoms with Gasteiger partial charge in [-0.2, -0.15) is 0 Å². The molecule has 1 aliphatic heterocycles. The Hall–Kier alpha value is -0.0400. The quantitative estimate of drug-likeness (QED) is 0.557. The van der Waals surface area contributed by atoms with E-state index in [2.05, 4.69) is 0 Å². The van der Waals surface area contributed by atoms with Crippen molar-refractivity contribution >= 4 is 0 Å². The molecule has 0 radical (unpaired) electrons. The maximum absolute atomic E-state index is 7.79. The van der Waals surface area contributed by atoms with Crippen LogP contribution >= 0.6 is 0 Å². The Balaban J connectivity index is 2.96. The average molecular weight is 134 g/mol. The third kappa shape index (κ3) is 1.68. The fraction of sp³-hybridized carbons (Fsp3) is 1.00. The molecule has 0 unspecified atom stereocenters. The van der Waals surface area contributed by atoms with Gasteiger partial charge in [0.2, 0.25) is 0 Å². The van der Waals surface area contributed by atoms with E-state index in [1.54, 1.807) is 0 Å². The van der Waals surface area contributed by atoms with Crippen LogP contribution in [0.3, 0.4) is 0 Å². The first kappa shape index (κ1) is 2.23. The molecule has 1 atom stereocenters. The van der Waals surface area contributed by atoms with Crippen LogP contribution < -0.4 is 0 Å². The van der Waals surface area contributed by atoms with Crippen LogP contribution in [-0.2, 0) is 0 Å². The Morgan fingerprint density at radius 3 is 3.44 bits per heavy atom. The molecule has 0 bridgehead atoms. The van der Waals surface area contributed by atoms with E-state index in [1.807, 2.05) is 0 Å². The van der Waals surface area contributed by atoms with Gasteiger partial charge in [0.25, 0.3) is 0 Å². The van der Waals surface area contributed by atoms with Crippen LogP contribution in [-0.4, -0.2) is 24.5 Å². The summed E-state index contributed by atoms with van der Waals surface area (Å²) in [5.74, 6) is 0. The average Bonchev–Trinajstić information content (AvgIpc) is 2.47. The van der Waals surface area contributed by atoms with E-state index < -0.39 is 25.8 Å². The van der Waals surface area contributed by atoms with Gasteiger partial charge in [0.1, 0.15) is 0 Å². The molecule has 1 saturated heterocycles. The second-order valence-electron chi connectivity index (χ2n) is 2.25. The zero-order valence-electron chi connectivity index (χ0n) is 12.6. The highest BCUT2D eigenvalue weighted by Crippen LogP contribution is 2.18. The number of likely N-dealkylation sites (tertiary alicyclic amines) is 1. The lowest BCUT2D eigenvalue weighted by Gasteiger charge is -2.17. The molecule has 0 aromatic heterocycles. The molecule has 0 N–H and O–H groups in total. The summed E-state index contributed by atoms with van der Waals surface area (Å²) in [6.07, 6.45) is -3.22. The van der Waals surface area contributed by atoms with Crippen LogP contribution in [0, 0.1) is 0 Å². The van der Waals surface area contributed by atoms with Gasteiger partial charge < -0.3 is 4.90 Å². The third-order valence-corrected chi connectivity index (χ3v) is 1.56. The van der Waals surface area contributed by atoms with Crippen LogP contribution in [0.2, 0.25) is 0 Å². The normalized spacial score (nSPS) is 45.4. The standard InChI is InChI=1S/C8H17N/c1-3-5-8-6-4-7-9(8)2/h8H,3-7H2,1-2H3/t8-/m0/s1/i2D3,3D2,5D2. The fourth-order valence-electron chi connectivity index (χ4n) is 1.08. The molecule has 1 nitrogen and oxygen atoms in total. The topological polar surface area (TPSA) is 3.24 Å². The summed E-state index contributed by atoms with van der Waals surface area (Å²) >= 11 is 0. The van der Waals surface area contributed by atoms with Gasteiger partial charge >= 0.3 is 0 Å². The third-order valence-electron chi connectivity index (χ3n) is 1.56. The molecule has 1 heterocycles. The van der Waals surface area contributed by atoms with Gasteiger partial charge in [0.05, 0.1) is 0 Å². The summed E-state index contributed by atoms with van der Waals surface area (Å²) in [7, 11) is 0. The first-order chi connectivity index (χ1) is 6.98. The van der Waals surface area contributed by atoms with Crippen molar-refractivity contribution < 1.29 is 9.60 Å². The Labute approximate surface area is 67.9 Å². The summed E-state index contributed by atoms with van der Waals surface area (Å²) in [5.41, 5.74) is 0. The minimum Gasteiger partial charge on any atom is -0.303 e. The van der Waals surface area contributed by atoms with Crippen molar-refractivity contribution in [2.45, 2.75) is 38.6 Å². The lowest BCUT2D eigenvalue weighted by Crippen LogP contribution is -2.24. The highest BCUT2D eigenvalue weighted by molar-refractivity contribution is 4.75. The Morgan fingerprint density at radius 1 is 1.89 bits per heavy atom. The van der Waals surface area contributed by atoms with Crippen LogP contribution in [0.4, 0.5) is 0 Å². The van der Waals surface area contributed by atoms with E-state index in [9.17, 15) is 0 Å². The highest BCUT2D eigenvalue weighted by atomic mass is 15.1. The number of hydrogen-bond acceptors (Lipinski definition) is 1. The molecular formula is C8H17N. The molecule has 54 valence electrons. The molecule has 1 aliphatic rings. The van der Waals surface area contributed by atoms with E-state index in [0.29, 0.717) is 19.4 Å². The first-order valence-corrected chi connectivity index (χ1v) is 3.24. The van der Waals surface area contributed by atoms with Gasteiger partial charge in [0.15, 0.2) is 0 Å². The van der Waals surface area contributed by atoms with Crippen molar-refractivity contribution in [1.82, 2.24) is 4.90 Å². The maximum Gasteiger partial charge on any atom is 0.0394 e. The fourth-order valence-corrected chi connectivity index (χ4v) is 1.08. The van der Waals surface area contributed by atoms with Crippen molar-refractivity contribution in [3.63, 3.8) is 0 Å². The number of nitrogens with zero attached hydrogens (tertiary/aromatic N) is 1. The maximum atomic E-state index is 7.79. The molecule has 9 heavy (non-hydrogen) atoms. The van der Waals surface area contributed by atoms with Crippen LogP contribution in [0.25, 0.3) is 0 Å². The Bertz CT molecular complexity index is 254. The summed E-state index contributed by atoms with van der Waals surface area (Å²) in [5, 5.41) is 0. The predicted octanol–water partition coefficient (Wildman–Crippen LogP) is 1.88. The van der Waals surface area contributed by atoms with Gasteiger partial charge in [-0.1, -0.05) is 13.3 Å². The molecule has 0 aromatic carbocycles. The lowest BCUT2D eigenvalue weighted by molar-refractivity contribution is 0.295. The summed E-state index contributed by atoms with van der Waals surface area (Å²) in [6, 6.07) is -0.875.